The smallest absolute Gasteiger partial charge is 0.308 e. The van der Waals surface area contributed by atoms with Crippen molar-refractivity contribution in [2.24, 2.45) is 5.92 Å². The van der Waals surface area contributed by atoms with Gasteiger partial charge in [0, 0.05) is 23.8 Å². The van der Waals surface area contributed by atoms with Crippen LogP contribution in [-0.2, 0) is 4.79 Å². The van der Waals surface area contributed by atoms with Crippen LogP contribution in [-0.4, -0.2) is 40.4 Å². The van der Waals surface area contributed by atoms with E-state index in [0.29, 0.717) is 30.6 Å². The maximum atomic E-state index is 13.0. The quantitative estimate of drug-likeness (QED) is 0.861. The summed E-state index contributed by atoms with van der Waals surface area (Å²) in [6.07, 6.45) is 2.64. The lowest BCUT2D eigenvalue weighted by Gasteiger charge is -2.37. The summed E-state index contributed by atoms with van der Waals surface area (Å²) in [5, 5.41) is 12.1. The van der Waals surface area contributed by atoms with Crippen molar-refractivity contribution in [3.63, 3.8) is 0 Å². The van der Waals surface area contributed by atoms with Gasteiger partial charge in [0.25, 0.3) is 11.8 Å². The minimum atomic E-state index is -0.879. The van der Waals surface area contributed by atoms with Gasteiger partial charge in [0.1, 0.15) is 0 Å². The number of carbonyl (C=O) groups is 3. The van der Waals surface area contributed by atoms with Crippen molar-refractivity contribution >= 4 is 23.5 Å². The average Bonchev–Trinajstić information content (AvgIpc) is 3.18. The van der Waals surface area contributed by atoms with Crippen molar-refractivity contribution in [1.82, 2.24) is 4.90 Å². The van der Waals surface area contributed by atoms with Crippen molar-refractivity contribution in [2.45, 2.75) is 32.7 Å². The first-order valence-electron chi connectivity index (χ1n) is 8.87. The second-order valence-corrected chi connectivity index (χ2v) is 6.79. The molecule has 0 spiro atoms. The van der Waals surface area contributed by atoms with E-state index in [1.807, 2.05) is 6.92 Å². The molecule has 2 heterocycles. The van der Waals surface area contributed by atoms with E-state index in [1.54, 1.807) is 42.2 Å². The summed E-state index contributed by atoms with van der Waals surface area (Å²) in [5.74, 6) is -1.89. The normalized spacial score (nSPS) is 19.6. The number of carboxylic acid groups (broad SMARTS) is 1. The first kappa shape index (κ1) is 18.7. The standard InChI is InChI=1S/C20H22N2O5/c1-12-7-8-14(11-16(12)21-18(23)17-6-4-10-27-17)19(24)22-9-3-5-15(13(22)2)20(25)26/h4,6-8,10-11,13,15H,3,5,9H2,1-2H3,(H,21,23)(H,25,26)/t13-,15-/m1/s1. The van der Waals surface area contributed by atoms with Gasteiger partial charge in [-0.1, -0.05) is 6.07 Å². The Morgan fingerprint density at radius 2 is 2.04 bits per heavy atom. The molecule has 2 atom stereocenters. The maximum Gasteiger partial charge on any atom is 0.308 e. The number of rotatable bonds is 4. The molecule has 2 aromatic rings. The number of anilines is 1. The first-order chi connectivity index (χ1) is 12.9. The zero-order valence-electron chi connectivity index (χ0n) is 15.3. The Bertz CT molecular complexity index is 859. The monoisotopic (exact) mass is 370 g/mol. The number of piperidine rings is 1. The fourth-order valence-electron chi connectivity index (χ4n) is 3.41. The van der Waals surface area contributed by atoms with E-state index in [-0.39, 0.29) is 17.7 Å². The lowest BCUT2D eigenvalue weighted by atomic mass is 9.89. The highest BCUT2D eigenvalue weighted by Gasteiger charge is 2.35. The molecule has 1 aliphatic rings. The summed E-state index contributed by atoms with van der Waals surface area (Å²) in [6, 6.07) is 7.87. The lowest BCUT2D eigenvalue weighted by molar-refractivity contribution is -0.144. The van der Waals surface area contributed by atoms with Crippen molar-refractivity contribution in [3.05, 3.63) is 53.5 Å². The highest BCUT2D eigenvalue weighted by molar-refractivity contribution is 6.04. The third kappa shape index (κ3) is 3.86. The Kier molecular flexibility index (Phi) is 5.30. The fourth-order valence-corrected chi connectivity index (χ4v) is 3.41. The van der Waals surface area contributed by atoms with Crippen molar-refractivity contribution in [1.29, 1.82) is 0 Å². The summed E-state index contributed by atoms with van der Waals surface area (Å²) < 4.78 is 5.09. The van der Waals surface area contributed by atoms with Crippen molar-refractivity contribution in [2.75, 3.05) is 11.9 Å². The molecule has 2 amide bonds. The molecule has 1 aliphatic heterocycles. The largest absolute Gasteiger partial charge is 0.481 e. The van der Waals surface area contributed by atoms with Gasteiger partial charge < -0.3 is 19.7 Å². The van der Waals surface area contributed by atoms with Crippen LogP contribution in [0.1, 0.15) is 46.2 Å². The summed E-state index contributed by atoms with van der Waals surface area (Å²) in [7, 11) is 0. The summed E-state index contributed by atoms with van der Waals surface area (Å²) in [4.78, 5) is 38.2. The lowest BCUT2D eigenvalue weighted by Crippen LogP contribution is -2.49. The van der Waals surface area contributed by atoms with Gasteiger partial charge in [0.05, 0.1) is 12.2 Å². The summed E-state index contributed by atoms with van der Waals surface area (Å²) in [5.41, 5.74) is 1.73. The fraction of sp³-hybridized carbons (Fsp3) is 0.350. The van der Waals surface area contributed by atoms with Gasteiger partial charge in [-0.05, 0) is 56.5 Å². The van der Waals surface area contributed by atoms with Crippen LogP contribution in [0.3, 0.4) is 0 Å². The first-order valence-corrected chi connectivity index (χ1v) is 8.87. The van der Waals surface area contributed by atoms with E-state index < -0.39 is 17.8 Å². The highest BCUT2D eigenvalue weighted by atomic mass is 16.4. The number of likely N-dealkylation sites (tertiary alicyclic amines) is 1. The molecular formula is C20H22N2O5. The predicted molar refractivity (Wildman–Crippen MR) is 98.7 cm³/mol. The third-order valence-electron chi connectivity index (χ3n) is 5.04. The number of aliphatic carboxylic acids is 1. The topological polar surface area (TPSA) is 99.9 Å². The van der Waals surface area contributed by atoms with Crippen molar-refractivity contribution < 1.29 is 23.9 Å². The number of carbonyl (C=O) groups excluding carboxylic acids is 2. The number of furan rings is 1. The molecule has 0 unspecified atom stereocenters. The van der Waals surface area contributed by atoms with E-state index in [9.17, 15) is 19.5 Å². The molecule has 2 N–H and O–H groups in total. The van der Waals surface area contributed by atoms with Gasteiger partial charge in [-0.2, -0.15) is 0 Å². The molecule has 7 nitrogen and oxygen atoms in total. The molecule has 3 rings (SSSR count). The summed E-state index contributed by atoms with van der Waals surface area (Å²) >= 11 is 0. The van der Waals surface area contributed by atoms with E-state index in [0.717, 1.165) is 5.56 Å². The molecule has 27 heavy (non-hydrogen) atoms. The number of nitrogens with zero attached hydrogens (tertiary/aromatic N) is 1. The number of hydrogen-bond acceptors (Lipinski definition) is 4. The van der Waals surface area contributed by atoms with E-state index in [4.69, 9.17) is 4.42 Å². The molecule has 1 saturated heterocycles. The molecule has 1 aromatic heterocycles. The minimum absolute atomic E-state index is 0.181. The third-order valence-corrected chi connectivity index (χ3v) is 5.04. The Hall–Kier alpha value is -3.09. The molecular weight excluding hydrogens is 348 g/mol. The Morgan fingerprint density at radius 1 is 1.26 bits per heavy atom. The Morgan fingerprint density at radius 3 is 2.70 bits per heavy atom. The van der Waals surface area contributed by atoms with Gasteiger partial charge in [0.2, 0.25) is 0 Å². The molecule has 1 aromatic carbocycles. The predicted octanol–water partition coefficient (Wildman–Crippen LogP) is 3.17. The molecule has 0 bridgehead atoms. The zero-order chi connectivity index (χ0) is 19.6. The van der Waals surface area contributed by atoms with Crippen molar-refractivity contribution in [3.8, 4) is 0 Å². The van der Waals surface area contributed by atoms with Gasteiger partial charge >= 0.3 is 5.97 Å². The van der Waals surface area contributed by atoms with Crippen LogP contribution >= 0.6 is 0 Å². The van der Waals surface area contributed by atoms with Gasteiger partial charge in [-0.15, -0.1) is 0 Å². The number of amides is 2. The minimum Gasteiger partial charge on any atom is -0.481 e. The number of aryl methyl sites for hydroxylation is 1. The van der Waals surface area contributed by atoms with Crippen LogP contribution < -0.4 is 5.32 Å². The van der Waals surface area contributed by atoms with Crippen LogP contribution in [0, 0.1) is 12.8 Å². The van der Waals surface area contributed by atoms with E-state index in [1.165, 1.54) is 6.26 Å². The molecule has 1 fully saturated rings. The van der Waals surface area contributed by atoms with E-state index in [2.05, 4.69) is 5.32 Å². The van der Waals surface area contributed by atoms with E-state index >= 15 is 0 Å². The Balaban J connectivity index is 1.81. The molecule has 7 heteroatoms. The number of hydrogen-bond donors (Lipinski definition) is 2. The SMILES string of the molecule is Cc1ccc(C(=O)N2CCC[C@@H](C(=O)O)[C@H]2C)cc1NC(=O)c1ccco1. The highest BCUT2D eigenvalue weighted by Crippen LogP contribution is 2.27. The van der Waals surface area contributed by atoms with Gasteiger partial charge in [-0.3, -0.25) is 14.4 Å². The maximum absolute atomic E-state index is 13.0. The van der Waals surface area contributed by atoms with Crippen LogP contribution in [0.5, 0.6) is 0 Å². The number of benzene rings is 1. The zero-order valence-corrected chi connectivity index (χ0v) is 15.3. The summed E-state index contributed by atoms with van der Waals surface area (Å²) in [6.45, 7) is 4.12. The Labute approximate surface area is 157 Å². The second-order valence-electron chi connectivity index (χ2n) is 6.79. The van der Waals surface area contributed by atoms with Crippen LogP contribution in [0.2, 0.25) is 0 Å². The van der Waals surface area contributed by atoms with Crippen LogP contribution in [0.15, 0.2) is 41.0 Å². The average molecular weight is 370 g/mol. The van der Waals surface area contributed by atoms with Gasteiger partial charge in [-0.25, -0.2) is 0 Å². The second kappa shape index (κ2) is 7.65. The molecule has 0 saturated carbocycles. The molecule has 0 radical (unpaired) electrons. The van der Waals surface area contributed by atoms with Crippen LogP contribution in [0.25, 0.3) is 0 Å². The van der Waals surface area contributed by atoms with Gasteiger partial charge in [0.15, 0.2) is 5.76 Å². The number of nitrogens with one attached hydrogen (secondary N) is 1. The molecule has 142 valence electrons. The molecule has 0 aliphatic carbocycles. The number of carboxylic acids is 1. The van der Waals surface area contributed by atoms with Crippen LogP contribution in [0.4, 0.5) is 5.69 Å².